The predicted octanol–water partition coefficient (Wildman–Crippen LogP) is 5.09. The molecule has 5 aromatic rings. The Morgan fingerprint density at radius 3 is 2.62 bits per heavy atom. The fourth-order valence-corrected chi connectivity index (χ4v) is 3.62. The number of aryl methyl sites for hydroxylation is 3. The molecule has 0 saturated heterocycles. The molecule has 3 aromatic heterocycles. The number of ether oxygens (including phenoxy) is 1. The number of imidazole rings is 1. The number of benzene rings is 2. The Morgan fingerprint density at radius 1 is 1.00 bits per heavy atom. The van der Waals surface area contributed by atoms with Gasteiger partial charge in [-0.1, -0.05) is 18.2 Å². The molecule has 0 aliphatic carbocycles. The highest BCUT2D eigenvalue weighted by Gasteiger charge is 2.17. The number of amides is 1. The average Bonchev–Trinajstić information content (AvgIpc) is 3.22. The number of rotatable bonds is 5. The zero-order valence-corrected chi connectivity index (χ0v) is 19.0. The van der Waals surface area contributed by atoms with Crippen molar-refractivity contribution in [2.24, 2.45) is 7.05 Å². The molecule has 3 heterocycles. The van der Waals surface area contributed by atoms with Crippen LogP contribution in [-0.2, 0) is 7.05 Å². The summed E-state index contributed by atoms with van der Waals surface area (Å²) in [4.78, 5) is 30.7. The van der Waals surface area contributed by atoms with Crippen LogP contribution >= 0.6 is 0 Å². The van der Waals surface area contributed by atoms with Gasteiger partial charge in [-0.25, -0.2) is 9.97 Å². The zero-order valence-electron chi connectivity index (χ0n) is 19.0. The lowest BCUT2D eigenvalue weighted by molar-refractivity contribution is 0.102. The number of anilines is 1. The molecule has 0 radical (unpaired) electrons. The third kappa shape index (κ3) is 4.21. The Labute approximate surface area is 196 Å². The molecular formula is C26H22N6O2. The topological polar surface area (TPSA) is 94.8 Å². The van der Waals surface area contributed by atoms with Gasteiger partial charge in [0.1, 0.15) is 5.75 Å². The van der Waals surface area contributed by atoms with Crippen molar-refractivity contribution in [1.82, 2.24) is 24.5 Å². The number of aromatic nitrogens is 5. The number of hydrogen-bond donors (Lipinski definition) is 1. The highest BCUT2D eigenvalue weighted by molar-refractivity contribution is 6.05. The van der Waals surface area contributed by atoms with E-state index >= 15 is 0 Å². The predicted molar refractivity (Wildman–Crippen MR) is 130 cm³/mol. The van der Waals surface area contributed by atoms with Gasteiger partial charge in [-0.05, 0) is 61.4 Å². The van der Waals surface area contributed by atoms with Crippen molar-refractivity contribution in [1.29, 1.82) is 0 Å². The summed E-state index contributed by atoms with van der Waals surface area (Å²) >= 11 is 0. The van der Waals surface area contributed by atoms with Crippen LogP contribution in [0.2, 0.25) is 0 Å². The molecular weight excluding hydrogens is 428 g/mol. The van der Waals surface area contributed by atoms with Gasteiger partial charge in [0.15, 0.2) is 17.0 Å². The molecule has 168 valence electrons. The third-order valence-corrected chi connectivity index (χ3v) is 5.41. The zero-order chi connectivity index (χ0) is 23.7. The first-order valence-corrected chi connectivity index (χ1v) is 10.7. The van der Waals surface area contributed by atoms with Crippen LogP contribution in [0.4, 0.5) is 5.69 Å². The van der Waals surface area contributed by atoms with Crippen molar-refractivity contribution in [3.8, 4) is 23.0 Å². The molecule has 1 amide bonds. The standard InChI is InChI=1S/C26H22N6O2/c1-16-5-4-6-19(13-16)29-25(33)21-14-20(8-7-17(21)2)34-26-22-24(32(3)15-28-22)30-23(31-26)18-9-11-27-12-10-18/h4-15H,1-3H3,(H,29,33). The fourth-order valence-electron chi connectivity index (χ4n) is 3.62. The average molecular weight is 451 g/mol. The van der Waals surface area contributed by atoms with Crippen molar-refractivity contribution in [3.05, 3.63) is 90.0 Å². The Balaban J connectivity index is 1.50. The van der Waals surface area contributed by atoms with Crippen LogP contribution in [0.25, 0.3) is 22.6 Å². The quantitative estimate of drug-likeness (QED) is 0.401. The van der Waals surface area contributed by atoms with Crippen molar-refractivity contribution < 1.29 is 9.53 Å². The molecule has 0 spiro atoms. The summed E-state index contributed by atoms with van der Waals surface area (Å²) in [6.07, 6.45) is 5.04. The lowest BCUT2D eigenvalue weighted by atomic mass is 10.1. The van der Waals surface area contributed by atoms with E-state index < -0.39 is 0 Å². The fraction of sp³-hybridized carbons (Fsp3) is 0.115. The monoisotopic (exact) mass is 450 g/mol. The highest BCUT2D eigenvalue weighted by atomic mass is 16.5. The molecule has 0 bridgehead atoms. The highest BCUT2D eigenvalue weighted by Crippen LogP contribution is 2.30. The number of nitrogens with one attached hydrogen (secondary N) is 1. The molecule has 5 rings (SSSR count). The molecule has 8 heteroatoms. The van der Waals surface area contributed by atoms with Gasteiger partial charge in [0.25, 0.3) is 11.8 Å². The maximum absolute atomic E-state index is 13.0. The summed E-state index contributed by atoms with van der Waals surface area (Å²) in [6, 6.07) is 16.7. The van der Waals surface area contributed by atoms with Crippen LogP contribution in [0, 0.1) is 13.8 Å². The first-order chi connectivity index (χ1) is 16.5. The van der Waals surface area contributed by atoms with Crippen LogP contribution in [0.3, 0.4) is 0 Å². The summed E-state index contributed by atoms with van der Waals surface area (Å²) in [5.74, 6) is 1.08. The molecule has 1 N–H and O–H groups in total. The van der Waals surface area contributed by atoms with E-state index in [1.165, 1.54) is 0 Å². The van der Waals surface area contributed by atoms with E-state index in [0.29, 0.717) is 34.2 Å². The van der Waals surface area contributed by atoms with Crippen molar-refractivity contribution in [2.75, 3.05) is 5.32 Å². The van der Waals surface area contributed by atoms with E-state index in [-0.39, 0.29) is 5.91 Å². The number of carbonyl (C=O) groups is 1. The second-order valence-electron chi connectivity index (χ2n) is 8.02. The van der Waals surface area contributed by atoms with Gasteiger partial charge in [0.05, 0.1) is 6.33 Å². The Bertz CT molecular complexity index is 1510. The second-order valence-corrected chi connectivity index (χ2v) is 8.02. The second kappa shape index (κ2) is 8.74. The van der Waals surface area contributed by atoms with E-state index in [0.717, 1.165) is 22.4 Å². The molecule has 0 unspecified atom stereocenters. The summed E-state index contributed by atoms with van der Waals surface area (Å²) in [5, 5.41) is 2.95. The molecule has 8 nitrogen and oxygen atoms in total. The Kier molecular flexibility index (Phi) is 5.47. The minimum absolute atomic E-state index is 0.211. The lowest BCUT2D eigenvalue weighted by Gasteiger charge is -2.12. The SMILES string of the molecule is Cc1cccc(NC(=O)c2cc(Oc3nc(-c4ccncc4)nc4c3ncn4C)ccc2C)c1. The molecule has 0 fully saturated rings. The van der Waals surface area contributed by atoms with Crippen LogP contribution < -0.4 is 10.1 Å². The number of nitrogens with zero attached hydrogens (tertiary/aromatic N) is 5. The summed E-state index contributed by atoms with van der Waals surface area (Å²) in [6.45, 7) is 3.87. The van der Waals surface area contributed by atoms with Gasteiger partial charge < -0.3 is 14.6 Å². The van der Waals surface area contributed by atoms with E-state index in [2.05, 4.69) is 25.3 Å². The van der Waals surface area contributed by atoms with Crippen molar-refractivity contribution in [2.45, 2.75) is 13.8 Å². The minimum Gasteiger partial charge on any atom is -0.437 e. The van der Waals surface area contributed by atoms with Crippen molar-refractivity contribution >= 4 is 22.8 Å². The van der Waals surface area contributed by atoms with Crippen LogP contribution in [0.5, 0.6) is 11.6 Å². The molecule has 0 aliphatic heterocycles. The maximum atomic E-state index is 13.0. The first-order valence-electron chi connectivity index (χ1n) is 10.7. The van der Waals surface area contributed by atoms with Gasteiger partial charge in [-0.15, -0.1) is 0 Å². The normalized spacial score (nSPS) is 10.9. The van der Waals surface area contributed by atoms with E-state index in [4.69, 9.17) is 4.74 Å². The van der Waals surface area contributed by atoms with E-state index in [1.54, 1.807) is 24.8 Å². The van der Waals surface area contributed by atoms with Gasteiger partial charge in [-0.3, -0.25) is 9.78 Å². The molecule has 34 heavy (non-hydrogen) atoms. The van der Waals surface area contributed by atoms with Crippen LogP contribution in [0.15, 0.2) is 73.3 Å². The largest absolute Gasteiger partial charge is 0.437 e. The summed E-state index contributed by atoms with van der Waals surface area (Å²) < 4.78 is 7.97. The van der Waals surface area contributed by atoms with Gasteiger partial charge >= 0.3 is 0 Å². The lowest BCUT2D eigenvalue weighted by Crippen LogP contribution is -2.13. The van der Waals surface area contributed by atoms with Crippen LogP contribution in [0.1, 0.15) is 21.5 Å². The van der Waals surface area contributed by atoms with Crippen molar-refractivity contribution in [3.63, 3.8) is 0 Å². The molecule has 0 atom stereocenters. The minimum atomic E-state index is -0.211. The molecule has 2 aromatic carbocycles. The van der Waals surface area contributed by atoms with E-state index in [1.807, 2.05) is 74.0 Å². The third-order valence-electron chi connectivity index (χ3n) is 5.41. The van der Waals surface area contributed by atoms with Gasteiger partial charge in [0, 0.05) is 36.3 Å². The summed E-state index contributed by atoms with van der Waals surface area (Å²) in [7, 11) is 1.86. The molecule has 0 aliphatic rings. The molecule has 0 saturated carbocycles. The first kappa shape index (κ1) is 21.3. The number of pyridine rings is 1. The maximum Gasteiger partial charge on any atom is 0.256 e. The van der Waals surface area contributed by atoms with Gasteiger partial charge in [0.2, 0.25) is 0 Å². The van der Waals surface area contributed by atoms with E-state index in [9.17, 15) is 4.79 Å². The summed E-state index contributed by atoms with van der Waals surface area (Å²) in [5.41, 5.74) is 5.14. The smallest absolute Gasteiger partial charge is 0.256 e. The van der Waals surface area contributed by atoms with Gasteiger partial charge in [-0.2, -0.15) is 4.98 Å². The number of fused-ring (bicyclic) bond motifs is 1. The van der Waals surface area contributed by atoms with Crippen LogP contribution in [-0.4, -0.2) is 30.4 Å². The number of hydrogen-bond acceptors (Lipinski definition) is 6. The Hall–Kier alpha value is -4.59. The number of carbonyl (C=O) groups excluding carboxylic acids is 1. The Morgan fingerprint density at radius 2 is 1.82 bits per heavy atom.